The molecule has 0 aromatic heterocycles. The summed E-state index contributed by atoms with van der Waals surface area (Å²) in [6.45, 7) is 0.0880. The molecule has 7 heteroatoms. The maximum absolute atomic E-state index is 13.2. The molecule has 2 aromatic rings. The van der Waals surface area contributed by atoms with Crippen molar-refractivity contribution in [1.29, 1.82) is 0 Å². The Morgan fingerprint density at radius 1 is 1.15 bits per heavy atom. The molecular weight excluding hydrogens is 355 g/mol. The second kappa shape index (κ2) is 7.97. The number of carbonyl (C=O) groups is 1. The number of amides is 1. The molecule has 0 bridgehead atoms. The van der Waals surface area contributed by atoms with E-state index in [0.29, 0.717) is 6.54 Å². The van der Waals surface area contributed by atoms with Crippen LogP contribution >= 0.6 is 0 Å². The smallest absolute Gasteiger partial charge is 0.241 e. The molecule has 1 atom stereocenters. The fourth-order valence-electron chi connectivity index (χ4n) is 3.24. The molecule has 0 spiro atoms. The Kier molecular flexibility index (Phi) is 5.68. The minimum atomic E-state index is -3.92. The van der Waals surface area contributed by atoms with E-state index in [9.17, 15) is 17.6 Å². The van der Waals surface area contributed by atoms with Crippen LogP contribution < -0.4 is 10.0 Å². The third kappa shape index (κ3) is 4.47. The van der Waals surface area contributed by atoms with Gasteiger partial charge >= 0.3 is 0 Å². The number of halogens is 1. The van der Waals surface area contributed by atoms with E-state index in [0.717, 1.165) is 31.4 Å². The predicted molar refractivity (Wildman–Crippen MR) is 96.7 cm³/mol. The maximum Gasteiger partial charge on any atom is 0.241 e. The Hall–Kier alpha value is -2.25. The molecule has 1 aliphatic rings. The van der Waals surface area contributed by atoms with Crippen LogP contribution in [0.3, 0.4) is 0 Å². The lowest BCUT2D eigenvalue weighted by atomic mass is 9.83. The van der Waals surface area contributed by atoms with Crippen molar-refractivity contribution in [2.45, 2.75) is 30.1 Å². The lowest BCUT2D eigenvalue weighted by Crippen LogP contribution is -2.38. The van der Waals surface area contributed by atoms with Crippen molar-refractivity contribution in [2.24, 2.45) is 0 Å². The van der Waals surface area contributed by atoms with Gasteiger partial charge in [0.1, 0.15) is 5.82 Å². The minimum absolute atomic E-state index is 0.202. The summed E-state index contributed by atoms with van der Waals surface area (Å²) in [6, 6.07) is 12.9. The van der Waals surface area contributed by atoms with Crippen LogP contribution in [0.2, 0.25) is 0 Å². The summed E-state index contributed by atoms with van der Waals surface area (Å²) >= 11 is 0. The quantitative estimate of drug-likeness (QED) is 0.813. The Balaban J connectivity index is 1.54. The van der Waals surface area contributed by atoms with Crippen molar-refractivity contribution >= 4 is 15.9 Å². The molecule has 0 saturated heterocycles. The second-order valence-electron chi connectivity index (χ2n) is 6.37. The van der Waals surface area contributed by atoms with Crippen molar-refractivity contribution in [3.8, 4) is 0 Å². The molecule has 0 aliphatic heterocycles. The van der Waals surface area contributed by atoms with Gasteiger partial charge in [-0.3, -0.25) is 4.79 Å². The van der Waals surface area contributed by atoms with E-state index >= 15 is 0 Å². The number of carbonyl (C=O) groups excluding carboxylic acids is 1. The minimum Gasteiger partial charge on any atom is -0.354 e. The number of nitrogens with one attached hydrogen (secondary N) is 2. The highest BCUT2D eigenvalue weighted by Crippen LogP contribution is 2.30. The van der Waals surface area contributed by atoms with E-state index in [1.54, 1.807) is 0 Å². The Morgan fingerprint density at radius 2 is 1.96 bits per heavy atom. The number of hydrogen-bond acceptors (Lipinski definition) is 3. The van der Waals surface area contributed by atoms with Crippen LogP contribution in [0.4, 0.5) is 4.39 Å². The van der Waals surface area contributed by atoms with E-state index < -0.39 is 21.7 Å². The summed E-state index contributed by atoms with van der Waals surface area (Å²) in [5.41, 5.74) is 2.56. The van der Waals surface area contributed by atoms with Gasteiger partial charge in [-0.2, -0.15) is 0 Å². The van der Waals surface area contributed by atoms with E-state index in [1.165, 1.54) is 23.3 Å². The van der Waals surface area contributed by atoms with Gasteiger partial charge in [-0.1, -0.05) is 30.3 Å². The normalized spacial score (nSPS) is 16.7. The summed E-state index contributed by atoms with van der Waals surface area (Å²) in [4.78, 5) is 11.8. The van der Waals surface area contributed by atoms with Crippen LogP contribution in [-0.2, 0) is 21.2 Å². The zero-order chi connectivity index (χ0) is 18.6. The van der Waals surface area contributed by atoms with Crippen LogP contribution in [0.1, 0.15) is 29.9 Å². The van der Waals surface area contributed by atoms with Crippen LogP contribution in [0.15, 0.2) is 53.4 Å². The molecular formula is C19H21FN2O3S. The third-order valence-electron chi connectivity index (χ3n) is 4.57. The summed E-state index contributed by atoms with van der Waals surface area (Å²) in [5, 5.41) is 2.79. The molecule has 0 saturated carbocycles. The third-order valence-corrected chi connectivity index (χ3v) is 5.97. The second-order valence-corrected chi connectivity index (χ2v) is 8.14. The molecule has 5 nitrogen and oxygen atoms in total. The van der Waals surface area contributed by atoms with E-state index in [4.69, 9.17) is 0 Å². The lowest BCUT2D eigenvalue weighted by molar-refractivity contribution is -0.120. The number of hydrogen-bond donors (Lipinski definition) is 2. The Bertz CT molecular complexity index is 899. The molecule has 0 radical (unpaired) electrons. The monoisotopic (exact) mass is 376 g/mol. The summed E-state index contributed by atoms with van der Waals surface area (Å²) in [5.74, 6) is -0.815. The molecule has 26 heavy (non-hydrogen) atoms. The van der Waals surface area contributed by atoms with Gasteiger partial charge in [-0.05, 0) is 48.6 Å². The van der Waals surface area contributed by atoms with Gasteiger partial charge in [-0.15, -0.1) is 0 Å². The first-order valence-corrected chi connectivity index (χ1v) is 10.0. The van der Waals surface area contributed by atoms with Gasteiger partial charge in [0.25, 0.3) is 0 Å². The van der Waals surface area contributed by atoms with Gasteiger partial charge in [0, 0.05) is 12.5 Å². The summed E-state index contributed by atoms with van der Waals surface area (Å²) in [6.07, 6.45) is 3.12. The average Bonchev–Trinajstić information content (AvgIpc) is 2.65. The highest BCUT2D eigenvalue weighted by molar-refractivity contribution is 7.89. The molecule has 138 valence electrons. The molecule has 0 fully saturated rings. The van der Waals surface area contributed by atoms with Gasteiger partial charge < -0.3 is 5.32 Å². The highest BCUT2D eigenvalue weighted by atomic mass is 32.2. The van der Waals surface area contributed by atoms with Crippen LogP contribution in [0.25, 0.3) is 0 Å². The first-order chi connectivity index (χ1) is 12.5. The van der Waals surface area contributed by atoms with E-state index in [1.807, 2.05) is 12.1 Å². The SMILES string of the molecule is O=C(CNS(=O)(=O)c1cccc(F)c1)NCC1CCCc2ccccc21. The van der Waals surface area contributed by atoms with Crippen molar-refractivity contribution in [2.75, 3.05) is 13.1 Å². The van der Waals surface area contributed by atoms with Gasteiger partial charge in [-0.25, -0.2) is 17.5 Å². The molecule has 1 unspecified atom stereocenters. The highest BCUT2D eigenvalue weighted by Gasteiger charge is 2.21. The first kappa shape index (κ1) is 18.5. The average molecular weight is 376 g/mol. The number of benzene rings is 2. The van der Waals surface area contributed by atoms with Crippen molar-refractivity contribution in [3.05, 3.63) is 65.5 Å². The molecule has 1 amide bonds. The Morgan fingerprint density at radius 3 is 2.77 bits per heavy atom. The summed E-state index contributed by atoms with van der Waals surface area (Å²) < 4.78 is 39.6. The van der Waals surface area contributed by atoms with Crippen LogP contribution in [0, 0.1) is 5.82 Å². The Labute approximate surface area is 152 Å². The van der Waals surface area contributed by atoms with Gasteiger partial charge in [0.2, 0.25) is 15.9 Å². The first-order valence-electron chi connectivity index (χ1n) is 8.55. The zero-order valence-corrected chi connectivity index (χ0v) is 15.1. The number of sulfonamides is 1. The van der Waals surface area contributed by atoms with Crippen molar-refractivity contribution in [3.63, 3.8) is 0 Å². The van der Waals surface area contributed by atoms with Gasteiger partial charge in [0.05, 0.1) is 11.4 Å². The fourth-order valence-corrected chi connectivity index (χ4v) is 4.26. The van der Waals surface area contributed by atoms with E-state index in [2.05, 4.69) is 22.2 Å². The maximum atomic E-state index is 13.2. The standard InChI is InChI=1S/C19H21FN2O3S/c20-16-8-4-9-17(11-16)26(24,25)22-13-19(23)21-12-15-7-3-6-14-5-1-2-10-18(14)15/h1-2,4-5,8-11,15,22H,3,6-7,12-13H2,(H,21,23). The number of fused-ring (bicyclic) bond motifs is 1. The van der Waals surface area contributed by atoms with Crippen LogP contribution in [-0.4, -0.2) is 27.4 Å². The fraction of sp³-hybridized carbons (Fsp3) is 0.316. The largest absolute Gasteiger partial charge is 0.354 e. The molecule has 1 aliphatic carbocycles. The number of rotatable bonds is 6. The molecule has 3 rings (SSSR count). The van der Waals surface area contributed by atoms with Crippen LogP contribution in [0.5, 0.6) is 0 Å². The van der Waals surface area contributed by atoms with Crippen molar-refractivity contribution < 1.29 is 17.6 Å². The predicted octanol–water partition coefficient (Wildman–Crippen LogP) is 2.34. The number of aryl methyl sites for hydroxylation is 1. The topological polar surface area (TPSA) is 75.3 Å². The molecule has 0 heterocycles. The van der Waals surface area contributed by atoms with Crippen molar-refractivity contribution in [1.82, 2.24) is 10.0 Å². The van der Waals surface area contributed by atoms with Gasteiger partial charge in [0.15, 0.2) is 0 Å². The molecule has 2 aromatic carbocycles. The van der Waals surface area contributed by atoms with E-state index in [-0.39, 0.29) is 17.4 Å². The summed E-state index contributed by atoms with van der Waals surface area (Å²) in [7, 11) is -3.92. The lowest BCUT2D eigenvalue weighted by Gasteiger charge is -2.25. The zero-order valence-electron chi connectivity index (χ0n) is 14.2. The molecule has 2 N–H and O–H groups in total.